The Bertz CT molecular complexity index is 795. The van der Waals surface area contributed by atoms with E-state index in [1.807, 2.05) is 18.6 Å². The minimum absolute atomic E-state index is 0.307. The van der Waals surface area contributed by atoms with E-state index in [1.54, 1.807) is 23.6 Å². The van der Waals surface area contributed by atoms with Crippen LogP contribution >= 0.6 is 11.3 Å². The lowest BCUT2D eigenvalue weighted by atomic mass is 10.00. The molecular weight excluding hydrogens is 294 g/mol. The van der Waals surface area contributed by atoms with Crippen molar-refractivity contribution in [3.63, 3.8) is 0 Å². The highest BCUT2D eigenvalue weighted by atomic mass is 32.1. The largest absolute Gasteiger partial charge is 0.364 e. The molecule has 22 heavy (non-hydrogen) atoms. The van der Waals surface area contributed by atoms with Crippen molar-refractivity contribution in [2.45, 2.75) is 13.3 Å². The smallest absolute Gasteiger partial charge is 0.267 e. The van der Waals surface area contributed by atoms with E-state index in [4.69, 9.17) is 5.73 Å². The zero-order chi connectivity index (χ0) is 15.5. The van der Waals surface area contributed by atoms with Crippen molar-refractivity contribution >= 4 is 17.2 Å². The van der Waals surface area contributed by atoms with Gasteiger partial charge in [-0.2, -0.15) is 0 Å². The normalized spacial score (nSPS) is 10.6. The van der Waals surface area contributed by atoms with Crippen molar-refractivity contribution in [3.05, 3.63) is 70.6 Å². The van der Waals surface area contributed by atoms with Crippen molar-refractivity contribution in [1.29, 1.82) is 0 Å². The number of aromatic nitrogens is 2. The number of carbonyl (C=O) groups is 1. The Morgan fingerprint density at radius 2 is 2.00 bits per heavy atom. The number of primary amides is 1. The molecule has 0 aliphatic carbocycles. The molecule has 0 atom stereocenters. The van der Waals surface area contributed by atoms with E-state index in [2.05, 4.69) is 34.2 Å². The third-order valence-corrected chi connectivity index (χ3v) is 4.35. The molecule has 0 aliphatic rings. The van der Waals surface area contributed by atoms with Crippen LogP contribution in [0.3, 0.4) is 0 Å². The minimum Gasteiger partial charge on any atom is -0.364 e. The molecule has 0 spiro atoms. The highest BCUT2D eigenvalue weighted by Gasteiger charge is 2.07. The third-order valence-electron chi connectivity index (χ3n) is 3.53. The second-order valence-electron chi connectivity index (χ2n) is 5.10. The summed E-state index contributed by atoms with van der Waals surface area (Å²) in [6, 6.07) is 10.1. The van der Waals surface area contributed by atoms with Crippen molar-refractivity contribution in [2.75, 3.05) is 0 Å². The van der Waals surface area contributed by atoms with Crippen LogP contribution in [-0.4, -0.2) is 15.9 Å². The lowest BCUT2D eigenvalue weighted by Crippen LogP contribution is -2.13. The van der Waals surface area contributed by atoms with E-state index in [-0.39, 0.29) is 0 Å². The lowest BCUT2D eigenvalue weighted by molar-refractivity contribution is 0.0995. The van der Waals surface area contributed by atoms with Crippen LogP contribution in [0.15, 0.2) is 48.2 Å². The predicted molar refractivity (Wildman–Crippen MR) is 87.8 cm³/mol. The standard InChI is InChI=1S/C17H15N3OS/c1-11-8-20-15(17(18)21)7-14(11)6-12-2-4-13(5-3-12)16-9-19-10-22-16/h2-5,7-10H,6H2,1H3,(H2,18,21). The summed E-state index contributed by atoms with van der Waals surface area (Å²) < 4.78 is 0. The van der Waals surface area contributed by atoms with Crippen LogP contribution in [0.1, 0.15) is 27.2 Å². The average molecular weight is 309 g/mol. The van der Waals surface area contributed by atoms with Gasteiger partial charge in [-0.05, 0) is 41.7 Å². The highest BCUT2D eigenvalue weighted by Crippen LogP contribution is 2.24. The van der Waals surface area contributed by atoms with E-state index in [0.29, 0.717) is 5.69 Å². The maximum atomic E-state index is 11.2. The molecule has 2 aromatic heterocycles. The highest BCUT2D eigenvalue weighted by molar-refractivity contribution is 7.13. The first-order valence-corrected chi connectivity index (χ1v) is 7.74. The van der Waals surface area contributed by atoms with E-state index in [0.717, 1.165) is 28.0 Å². The molecule has 0 aliphatic heterocycles. The molecule has 0 unspecified atom stereocenters. The monoisotopic (exact) mass is 309 g/mol. The van der Waals surface area contributed by atoms with Crippen molar-refractivity contribution in [1.82, 2.24) is 9.97 Å². The van der Waals surface area contributed by atoms with Gasteiger partial charge in [-0.15, -0.1) is 11.3 Å². The number of amides is 1. The van der Waals surface area contributed by atoms with E-state index < -0.39 is 5.91 Å². The molecule has 5 heteroatoms. The number of pyridine rings is 1. The van der Waals surface area contributed by atoms with Crippen LogP contribution in [0.25, 0.3) is 10.4 Å². The SMILES string of the molecule is Cc1cnc(C(N)=O)cc1Cc1ccc(-c2cncs2)cc1. The van der Waals surface area contributed by atoms with Crippen LogP contribution in [0, 0.1) is 6.92 Å². The first-order valence-electron chi connectivity index (χ1n) is 6.86. The number of hydrogen-bond donors (Lipinski definition) is 1. The first kappa shape index (κ1) is 14.4. The van der Waals surface area contributed by atoms with Gasteiger partial charge >= 0.3 is 0 Å². The number of hydrogen-bond acceptors (Lipinski definition) is 4. The molecule has 1 aromatic carbocycles. The van der Waals surface area contributed by atoms with Gasteiger partial charge in [-0.3, -0.25) is 14.8 Å². The van der Waals surface area contributed by atoms with Gasteiger partial charge in [0, 0.05) is 12.4 Å². The summed E-state index contributed by atoms with van der Waals surface area (Å²) in [5, 5.41) is 0. The lowest BCUT2D eigenvalue weighted by Gasteiger charge is -2.08. The number of benzene rings is 1. The summed E-state index contributed by atoms with van der Waals surface area (Å²) in [6.07, 6.45) is 4.31. The van der Waals surface area contributed by atoms with Gasteiger partial charge in [0.15, 0.2) is 0 Å². The Hall–Kier alpha value is -2.53. The topological polar surface area (TPSA) is 68.9 Å². The average Bonchev–Trinajstić information content (AvgIpc) is 3.04. The zero-order valence-electron chi connectivity index (χ0n) is 12.1. The quantitative estimate of drug-likeness (QED) is 0.804. The van der Waals surface area contributed by atoms with Crippen molar-refractivity contribution in [3.8, 4) is 10.4 Å². The summed E-state index contributed by atoms with van der Waals surface area (Å²) in [5.74, 6) is -0.498. The third kappa shape index (κ3) is 3.04. The molecular formula is C17H15N3OS. The summed E-state index contributed by atoms with van der Waals surface area (Å²) in [5.41, 5.74) is 11.9. The van der Waals surface area contributed by atoms with Crippen LogP contribution in [0.4, 0.5) is 0 Å². The van der Waals surface area contributed by atoms with Gasteiger partial charge in [0.1, 0.15) is 5.69 Å². The van der Waals surface area contributed by atoms with Gasteiger partial charge in [0.05, 0.1) is 10.4 Å². The summed E-state index contributed by atoms with van der Waals surface area (Å²) in [7, 11) is 0. The van der Waals surface area contributed by atoms with Crippen molar-refractivity contribution in [2.24, 2.45) is 5.73 Å². The molecule has 0 saturated carbocycles. The molecule has 2 N–H and O–H groups in total. The van der Waals surface area contributed by atoms with Gasteiger partial charge in [-0.1, -0.05) is 24.3 Å². The number of carbonyl (C=O) groups excluding carboxylic acids is 1. The van der Waals surface area contributed by atoms with Crippen LogP contribution in [0.2, 0.25) is 0 Å². The minimum atomic E-state index is -0.498. The fourth-order valence-corrected chi connectivity index (χ4v) is 2.88. The maximum Gasteiger partial charge on any atom is 0.267 e. The number of aryl methyl sites for hydroxylation is 1. The van der Waals surface area contributed by atoms with E-state index >= 15 is 0 Å². The molecule has 3 aromatic rings. The summed E-state index contributed by atoms with van der Waals surface area (Å²) in [6.45, 7) is 1.98. The van der Waals surface area contributed by atoms with E-state index in [1.165, 1.54) is 5.56 Å². The van der Waals surface area contributed by atoms with E-state index in [9.17, 15) is 4.79 Å². The Labute approximate surface area is 132 Å². The fraction of sp³-hybridized carbons (Fsp3) is 0.118. The Morgan fingerprint density at radius 3 is 2.64 bits per heavy atom. The van der Waals surface area contributed by atoms with Gasteiger partial charge in [0.25, 0.3) is 5.91 Å². The number of nitrogens with two attached hydrogens (primary N) is 1. The molecule has 0 saturated heterocycles. The molecule has 0 fully saturated rings. The molecule has 110 valence electrons. The molecule has 3 rings (SSSR count). The summed E-state index contributed by atoms with van der Waals surface area (Å²) >= 11 is 1.62. The Morgan fingerprint density at radius 1 is 1.23 bits per heavy atom. The second-order valence-corrected chi connectivity index (χ2v) is 5.99. The Kier molecular flexibility index (Phi) is 3.98. The molecule has 1 amide bonds. The van der Waals surface area contributed by atoms with Gasteiger partial charge in [-0.25, -0.2) is 0 Å². The molecule has 2 heterocycles. The summed E-state index contributed by atoms with van der Waals surface area (Å²) in [4.78, 5) is 20.5. The molecule has 0 radical (unpaired) electrons. The number of thiazole rings is 1. The molecule has 0 bridgehead atoms. The number of rotatable bonds is 4. The molecule has 4 nitrogen and oxygen atoms in total. The van der Waals surface area contributed by atoms with Crippen molar-refractivity contribution < 1.29 is 4.79 Å². The number of nitrogens with zero attached hydrogens (tertiary/aromatic N) is 2. The van der Waals surface area contributed by atoms with Crippen LogP contribution in [-0.2, 0) is 6.42 Å². The second kappa shape index (κ2) is 6.07. The Balaban J connectivity index is 1.84. The predicted octanol–water partition coefficient (Wildman–Crippen LogP) is 3.20. The first-order chi connectivity index (χ1) is 10.6. The van der Waals surface area contributed by atoms with Crippen LogP contribution in [0.5, 0.6) is 0 Å². The maximum absolute atomic E-state index is 11.2. The zero-order valence-corrected chi connectivity index (χ0v) is 12.9. The van der Waals surface area contributed by atoms with Crippen LogP contribution < -0.4 is 5.73 Å². The van der Waals surface area contributed by atoms with Gasteiger partial charge in [0.2, 0.25) is 0 Å². The fourth-order valence-electron chi connectivity index (χ4n) is 2.26. The van der Waals surface area contributed by atoms with Gasteiger partial charge < -0.3 is 5.73 Å².